The third-order valence-electron chi connectivity index (χ3n) is 3.25. The van der Waals surface area contributed by atoms with E-state index in [2.05, 4.69) is 21.1 Å². The second-order valence-electron chi connectivity index (χ2n) is 5.01. The quantitative estimate of drug-likeness (QED) is 0.489. The number of hydrogen-bond donors (Lipinski definition) is 2. The van der Waals surface area contributed by atoms with Gasteiger partial charge in [-0.25, -0.2) is 0 Å². The van der Waals surface area contributed by atoms with Crippen molar-refractivity contribution in [1.29, 1.82) is 0 Å². The third kappa shape index (κ3) is 5.33. The van der Waals surface area contributed by atoms with Crippen molar-refractivity contribution in [2.75, 3.05) is 0 Å². The molecular formula is C18H18N4S2. The minimum atomic E-state index is 0.565. The standard InChI is InChI=1S/C18H18N4S2/c1-13(19-21-17(23)15-9-5-3-6-10-15)14(2)20-22-18(24)16-11-7-4-8-12-16/h3-12H,1-2H3,(H,21,23)(H,22,24). The molecule has 2 aromatic carbocycles. The fraction of sp³-hybridized carbons (Fsp3) is 0.111. The Morgan fingerprint density at radius 3 is 1.33 bits per heavy atom. The summed E-state index contributed by atoms with van der Waals surface area (Å²) >= 11 is 10.6. The Hall–Kier alpha value is -2.44. The SMILES string of the molecule is CC(=NNC(=S)c1ccccc1)C(C)=NNC(=S)c1ccccc1. The number of benzene rings is 2. The summed E-state index contributed by atoms with van der Waals surface area (Å²) in [5, 5.41) is 8.52. The van der Waals surface area contributed by atoms with E-state index in [1.165, 1.54) is 0 Å². The molecule has 0 aliphatic heterocycles. The average Bonchev–Trinajstić information content (AvgIpc) is 2.64. The molecule has 2 N–H and O–H groups in total. The summed E-state index contributed by atoms with van der Waals surface area (Å²) in [7, 11) is 0. The van der Waals surface area contributed by atoms with Gasteiger partial charge in [-0.2, -0.15) is 10.2 Å². The number of rotatable bonds is 5. The van der Waals surface area contributed by atoms with Crippen LogP contribution < -0.4 is 10.9 Å². The first-order valence-corrected chi connectivity index (χ1v) is 8.19. The van der Waals surface area contributed by atoms with Gasteiger partial charge < -0.3 is 0 Å². The van der Waals surface area contributed by atoms with Gasteiger partial charge in [0, 0.05) is 11.1 Å². The second kappa shape index (κ2) is 9.00. The van der Waals surface area contributed by atoms with E-state index in [-0.39, 0.29) is 0 Å². The van der Waals surface area contributed by atoms with E-state index >= 15 is 0 Å². The lowest BCUT2D eigenvalue weighted by Crippen LogP contribution is -2.23. The van der Waals surface area contributed by atoms with Crippen LogP contribution in [0.25, 0.3) is 0 Å². The van der Waals surface area contributed by atoms with E-state index in [0.717, 1.165) is 22.6 Å². The number of nitrogens with one attached hydrogen (secondary N) is 2. The van der Waals surface area contributed by atoms with Crippen LogP contribution in [0.4, 0.5) is 0 Å². The maximum absolute atomic E-state index is 5.30. The summed E-state index contributed by atoms with van der Waals surface area (Å²) in [5.41, 5.74) is 9.03. The van der Waals surface area contributed by atoms with E-state index < -0.39 is 0 Å². The molecule has 0 aliphatic rings. The molecule has 2 aromatic rings. The Morgan fingerprint density at radius 2 is 1.00 bits per heavy atom. The summed E-state index contributed by atoms with van der Waals surface area (Å²) in [4.78, 5) is 1.13. The Labute approximate surface area is 152 Å². The van der Waals surface area contributed by atoms with Crippen molar-refractivity contribution in [3.63, 3.8) is 0 Å². The number of hydrogen-bond acceptors (Lipinski definition) is 4. The molecule has 0 bridgehead atoms. The van der Waals surface area contributed by atoms with Crippen molar-refractivity contribution < 1.29 is 0 Å². The van der Waals surface area contributed by atoms with Gasteiger partial charge in [-0.3, -0.25) is 10.9 Å². The Kier molecular flexibility index (Phi) is 6.72. The van der Waals surface area contributed by atoms with Crippen molar-refractivity contribution in [2.45, 2.75) is 13.8 Å². The molecule has 0 atom stereocenters. The van der Waals surface area contributed by atoms with Crippen molar-refractivity contribution in [3.05, 3.63) is 71.8 Å². The second-order valence-corrected chi connectivity index (χ2v) is 5.82. The van der Waals surface area contributed by atoms with Gasteiger partial charge in [-0.1, -0.05) is 85.1 Å². The molecule has 0 saturated heterocycles. The smallest absolute Gasteiger partial charge is 0.126 e. The monoisotopic (exact) mass is 354 g/mol. The maximum atomic E-state index is 5.30. The maximum Gasteiger partial charge on any atom is 0.126 e. The van der Waals surface area contributed by atoms with Crippen LogP contribution in [0, 0.1) is 0 Å². The summed E-state index contributed by atoms with van der Waals surface area (Å²) in [6.07, 6.45) is 0. The Morgan fingerprint density at radius 1 is 0.667 bits per heavy atom. The highest BCUT2D eigenvalue weighted by atomic mass is 32.1. The van der Waals surface area contributed by atoms with Crippen molar-refractivity contribution >= 4 is 45.8 Å². The predicted octanol–water partition coefficient (Wildman–Crippen LogP) is 3.67. The van der Waals surface area contributed by atoms with Gasteiger partial charge >= 0.3 is 0 Å². The normalized spacial score (nSPS) is 11.8. The van der Waals surface area contributed by atoms with Crippen molar-refractivity contribution in [1.82, 2.24) is 10.9 Å². The number of thiocarbonyl (C=S) groups is 2. The molecule has 0 amide bonds. The largest absolute Gasteiger partial charge is 0.267 e. The van der Waals surface area contributed by atoms with E-state index in [9.17, 15) is 0 Å². The zero-order valence-corrected chi connectivity index (χ0v) is 15.1. The molecule has 0 fully saturated rings. The van der Waals surface area contributed by atoms with Gasteiger partial charge in [0.05, 0.1) is 11.4 Å². The fourth-order valence-electron chi connectivity index (χ4n) is 1.74. The molecule has 0 saturated carbocycles. The average molecular weight is 355 g/mol. The van der Waals surface area contributed by atoms with Gasteiger partial charge in [0.25, 0.3) is 0 Å². The van der Waals surface area contributed by atoms with Crippen LogP contribution in [0.3, 0.4) is 0 Å². The van der Waals surface area contributed by atoms with Crippen molar-refractivity contribution in [2.24, 2.45) is 10.2 Å². The fourth-order valence-corrected chi connectivity index (χ4v) is 2.10. The molecule has 0 aromatic heterocycles. The van der Waals surface area contributed by atoms with Crippen LogP contribution in [0.1, 0.15) is 25.0 Å². The van der Waals surface area contributed by atoms with Crippen LogP contribution in [0.15, 0.2) is 70.9 Å². The highest BCUT2D eigenvalue weighted by Crippen LogP contribution is 2.00. The molecule has 24 heavy (non-hydrogen) atoms. The topological polar surface area (TPSA) is 48.8 Å². The first-order valence-electron chi connectivity index (χ1n) is 7.37. The zero-order chi connectivity index (χ0) is 17.4. The summed E-state index contributed by atoms with van der Waals surface area (Å²) < 4.78 is 0. The lowest BCUT2D eigenvalue weighted by atomic mass is 10.2. The highest BCUT2D eigenvalue weighted by Gasteiger charge is 2.02. The minimum absolute atomic E-state index is 0.565. The van der Waals surface area contributed by atoms with Gasteiger partial charge in [0.1, 0.15) is 9.98 Å². The van der Waals surface area contributed by atoms with E-state index in [0.29, 0.717) is 9.98 Å². The van der Waals surface area contributed by atoms with E-state index in [4.69, 9.17) is 24.4 Å². The van der Waals surface area contributed by atoms with Crippen molar-refractivity contribution in [3.8, 4) is 0 Å². The summed E-state index contributed by atoms with van der Waals surface area (Å²) in [5.74, 6) is 0. The van der Waals surface area contributed by atoms with Crippen LogP contribution in [-0.2, 0) is 0 Å². The highest BCUT2D eigenvalue weighted by molar-refractivity contribution is 7.81. The Bertz CT molecular complexity index is 701. The molecule has 2 rings (SSSR count). The molecule has 0 spiro atoms. The van der Waals surface area contributed by atoms with Crippen LogP contribution in [-0.4, -0.2) is 21.4 Å². The number of hydrazone groups is 2. The van der Waals surface area contributed by atoms with E-state index in [1.807, 2.05) is 74.5 Å². The van der Waals surface area contributed by atoms with Gasteiger partial charge in [-0.05, 0) is 13.8 Å². The molecule has 122 valence electrons. The lowest BCUT2D eigenvalue weighted by Gasteiger charge is -2.06. The molecular weight excluding hydrogens is 336 g/mol. The van der Waals surface area contributed by atoms with Gasteiger partial charge in [0.15, 0.2) is 0 Å². The van der Waals surface area contributed by atoms with E-state index in [1.54, 1.807) is 0 Å². The van der Waals surface area contributed by atoms with Crippen LogP contribution in [0.2, 0.25) is 0 Å². The molecule has 0 heterocycles. The molecule has 4 nitrogen and oxygen atoms in total. The molecule has 0 aliphatic carbocycles. The minimum Gasteiger partial charge on any atom is -0.267 e. The molecule has 0 radical (unpaired) electrons. The Balaban J connectivity index is 1.94. The van der Waals surface area contributed by atoms with Gasteiger partial charge in [0.2, 0.25) is 0 Å². The van der Waals surface area contributed by atoms with Gasteiger partial charge in [-0.15, -0.1) is 0 Å². The zero-order valence-electron chi connectivity index (χ0n) is 13.5. The summed E-state index contributed by atoms with van der Waals surface area (Å²) in [6.45, 7) is 3.71. The first kappa shape index (κ1) is 17.9. The van der Waals surface area contributed by atoms with Crippen LogP contribution in [0.5, 0.6) is 0 Å². The number of nitrogens with zero attached hydrogens (tertiary/aromatic N) is 2. The first-order chi connectivity index (χ1) is 11.6. The lowest BCUT2D eigenvalue weighted by molar-refractivity contribution is 1.03. The predicted molar refractivity (Wildman–Crippen MR) is 109 cm³/mol. The third-order valence-corrected chi connectivity index (χ3v) is 3.90. The van der Waals surface area contributed by atoms with Crippen LogP contribution >= 0.6 is 24.4 Å². The summed E-state index contributed by atoms with van der Waals surface area (Å²) in [6, 6.07) is 19.3. The molecule has 0 unspecified atom stereocenters. The molecule has 6 heteroatoms.